The molecule has 0 aromatic heterocycles. The molecule has 0 aliphatic carbocycles. The predicted octanol–water partition coefficient (Wildman–Crippen LogP) is 0.266. The minimum absolute atomic E-state index is 0.0363. The van der Waals surface area contributed by atoms with Crippen LogP contribution in [0.1, 0.15) is 5.56 Å². The van der Waals surface area contributed by atoms with Gasteiger partial charge in [0.15, 0.2) is 5.60 Å². The van der Waals surface area contributed by atoms with Crippen molar-refractivity contribution in [1.82, 2.24) is 4.90 Å². The van der Waals surface area contributed by atoms with Gasteiger partial charge in [-0.2, -0.15) is 0 Å². The number of thioether (sulfide) groups is 1. The molecule has 1 aromatic rings. The number of benzene rings is 1. The molecule has 10 heteroatoms. The van der Waals surface area contributed by atoms with Crippen molar-refractivity contribution < 1.29 is 24.0 Å². The lowest BCUT2D eigenvalue weighted by atomic mass is 10.00. The standard InChI is InChI=1S/C15H17N3O6S/c1-23-15(7-17-12(19)11(16)13(17)25-8-15)14(20)24-6-9-2-4-10(5-3-9)18(21)22/h2-5,11,13H,6-8,16H2,1H3/t11?,13-,15?/m1/s1. The number of amides is 1. The third-order valence-electron chi connectivity index (χ3n) is 4.38. The highest BCUT2D eigenvalue weighted by molar-refractivity contribution is 8.00. The van der Waals surface area contributed by atoms with Crippen molar-refractivity contribution in [3.05, 3.63) is 39.9 Å². The fourth-order valence-corrected chi connectivity index (χ4v) is 4.23. The van der Waals surface area contributed by atoms with Gasteiger partial charge >= 0.3 is 5.97 Å². The molecule has 0 spiro atoms. The van der Waals surface area contributed by atoms with E-state index >= 15 is 0 Å². The molecule has 0 bridgehead atoms. The maximum Gasteiger partial charge on any atom is 0.341 e. The number of carbonyl (C=O) groups excluding carboxylic acids is 2. The van der Waals surface area contributed by atoms with E-state index in [-0.39, 0.29) is 30.1 Å². The summed E-state index contributed by atoms with van der Waals surface area (Å²) in [7, 11) is 1.40. The summed E-state index contributed by atoms with van der Waals surface area (Å²) < 4.78 is 10.7. The number of nitro groups is 1. The van der Waals surface area contributed by atoms with Gasteiger partial charge in [0, 0.05) is 25.0 Å². The number of esters is 1. The summed E-state index contributed by atoms with van der Waals surface area (Å²) in [4.78, 5) is 36.0. The molecule has 1 aromatic carbocycles. The zero-order chi connectivity index (χ0) is 18.2. The maximum atomic E-state index is 12.5. The number of β-lactam (4-membered cyclic amide) rings is 1. The lowest BCUT2D eigenvalue weighted by molar-refractivity contribution is -0.384. The quantitative estimate of drug-likeness (QED) is 0.340. The Morgan fingerprint density at radius 3 is 2.76 bits per heavy atom. The molecule has 2 unspecified atom stereocenters. The average Bonchev–Trinajstić information content (AvgIpc) is 2.65. The van der Waals surface area contributed by atoms with Crippen LogP contribution >= 0.6 is 11.8 Å². The predicted molar refractivity (Wildman–Crippen MR) is 88.6 cm³/mol. The summed E-state index contributed by atoms with van der Waals surface area (Å²) in [5.74, 6) is -0.445. The molecule has 2 fully saturated rings. The van der Waals surface area contributed by atoms with Crippen molar-refractivity contribution in [2.24, 2.45) is 5.73 Å². The van der Waals surface area contributed by atoms with Crippen LogP contribution in [0.15, 0.2) is 24.3 Å². The van der Waals surface area contributed by atoms with E-state index in [2.05, 4.69) is 0 Å². The van der Waals surface area contributed by atoms with E-state index in [0.717, 1.165) is 0 Å². The molecule has 134 valence electrons. The van der Waals surface area contributed by atoms with Crippen LogP contribution in [0.3, 0.4) is 0 Å². The Morgan fingerprint density at radius 1 is 1.48 bits per heavy atom. The van der Waals surface area contributed by atoms with Crippen LogP contribution in [0.25, 0.3) is 0 Å². The second-order valence-electron chi connectivity index (χ2n) is 5.89. The van der Waals surface area contributed by atoms with Crippen LogP contribution in [-0.4, -0.2) is 58.1 Å². The molecule has 25 heavy (non-hydrogen) atoms. The summed E-state index contributed by atoms with van der Waals surface area (Å²) in [6.07, 6.45) is 0. The van der Waals surface area contributed by atoms with Gasteiger partial charge in [0.1, 0.15) is 18.0 Å². The van der Waals surface area contributed by atoms with E-state index in [1.807, 2.05) is 0 Å². The van der Waals surface area contributed by atoms with Gasteiger partial charge in [0.25, 0.3) is 5.69 Å². The zero-order valence-corrected chi connectivity index (χ0v) is 14.2. The summed E-state index contributed by atoms with van der Waals surface area (Å²) in [6, 6.07) is 5.20. The SMILES string of the molecule is COC1(C(=O)OCc2ccc([N+](=O)[O-])cc2)CS[C@@H]2C(N)C(=O)N2C1. The van der Waals surface area contributed by atoms with Crippen LogP contribution < -0.4 is 5.73 Å². The summed E-state index contributed by atoms with van der Waals surface area (Å²) in [5.41, 5.74) is 5.08. The van der Waals surface area contributed by atoms with Crippen molar-refractivity contribution in [3.8, 4) is 0 Å². The number of hydrogen-bond donors (Lipinski definition) is 1. The Kier molecular flexibility index (Phi) is 4.67. The molecular formula is C15H17N3O6S. The number of rotatable bonds is 5. The van der Waals surface area contributed by atoms with E-state index in [9.17, 15) is 19.7 Å². The monoisotopic (exact) mass is 367 g/mol. The Bertz CT molecular complexity index is 712. The molecule has 0 radical (unpaired) electrons. The first-order chi connectivity index (χ1) is 11.9. The number of non-ortho nitro benzene ring substituents is 1. The third-order valence-corrected chi connectivity index (χ3v) is 5.90. The van der Waals surface area contributed by atoms with E-state index in [0.29, 0.717) is 11.3 Å². The number of nitrogens with zero attached hydrogens (tertiary/aromatic N) is 2. The van der Waals surface area contributed by atoms with Crippen molar-refractivity contribution in [3.63, 3.8) is 0 Å². The Hall–Kier alpha value is -2.17. The van der Waals surface area contributed by atoms with Gasteiger partial charge in [-0.15, -0.1) is 11.8 Å². The normalized spacial score (nSPS) is 28.1. The second kappa shape index (κ2) is 6.62. The van der Waals surface area contributed by atoms with Crippen molar-refractivity contribution in [2.45, 2.75) is 23.6 Å². The first-order valence-electron chi connectivity index (χ1n) is 7.51. The summed E-state index contributed by atoms with van der Waals surface area (Å²) in [5, 5.41) is 10.5. The largest absolute Gasteiger partial charge is 0.459 e. The lowest BCUT2D eigenvalue weighted by Gasteiger charge is -2.52. The lowest BCUT2D eigenvalue weighted by Crippen LogP contribution is -2.74. The Morgan fingerprint density at radius 2 is 2.16 bits per heavy atom. The maximum absolute atomic E-state index is 12.5. The Balaban J connectivity index is 1.63. The number of ether oxygens (including phenoxy) is 2. The highest BCUT2D eigenvalue weighted by Gasteiger charge is 2.56. The zero-order valence-electron chi connectivity index (χ0n) is 13.4. The fourth-order valence-electron chi connectivity index (χ4n) is 2.78. The third kappa shape index (κ3) is 3.08. The van der Waals surface area contributed by atoms with Gasteiger partial charge < -0.3 is 20.1 Å². The molecule has 1 amide bonds. The highest BCUT2D eigenvalue weighted by Crippen LogP contribution is 2.39. The van der Waals surface area contributed by atoms with Crippen LogP contribution in [0.5, 0.6) is 0 Å². The van der Waals surface area contributed by atoms with E-state index in [1.54, 1.807) is 0 Å². The van der Waals surface area contributed by atoms with E-state index in [4.69, 9.17) is 15.2 Å². The van der Waals surface area contributed by atoms with E-state index < -0.39 is 22.5 Å². The number of methoxy groups -OCH3 is 1. The van der Waals surface area contributed by atoms with E-state index in [1.165, 1.54) is 48.0 Å². The van der Waals surface area contributed by atoms with Gasteiger partial charge in [0.2, 0.25) is 5.91 Å². The minimum atomic E-state index is -1.24. The topological polar surface area (TPSA) is 125 Å². The number of hydrogen-bond acceptors (Lipinski definition) is 8. The smallest absolute Gasteiger partial charge is 0.341 e. The first-order valence-corrected chi connectivity index (χ1v) is 8.56. The number of nitro benzene ring substituents is 1. The highest BCUT2D eigenvalue weighted by atomic mass is 32.2. The van der Waals surface area contributed by atoms with Gasteiger partial charge in [-0.1, -0.05) is 0 Å². The van der Waals surface area contributed by atoms with Crippen molar-refractivity contribution in [1.29, 1.82) is 0 Å². The van der Waals surface area contributed by atoms with Crippen molar-refractivity contribution >= 4 is 29.3 Å². The molecule has 2 heterocycles. The van der Waals surface area contributed by atoms with Gasteiger partial charge in [-0.3, -0.25) is 14.9 Å². The summed E-state index contributed by atoms with van der Waals surface area (Å²) >= 11 is 1.39. The van der Waals surface area contributed by atoms with Gasteiger partial charge in [-0.05, 0) is 17.7 Å². The fraction of sp³-hybridized carbons (Fsp3) is 0.467. The minimum Gasteiger partial charge on any atom is -0.459 e. The molecule has 3 rings (SSSR count). The number of fused-ring (bicyclic) bond motifs is 1. The molecular weight excluding hydrogens is 350 g/mol. The number of carbonyl (C=O) groups is 2. The molecule has 0 saturated carbocycles. The molecule has 3 atom stereocenters. The van der Waals surface area contributed by atoms with Crippen molar-refractivity contribution in [2.75, 3.05) is 19.4 Å². The molecule has 9 nitrogen and oxygen atoms in total. The second-order valence-corrected chi connectivity index (χ2v) is 7.00. The molecule has 2 N–H and O–H groups in total. The van der Waals surface area contributed by atoms with Gasteiger partial charge in [-0.25, -0.2) is 4.79 Å². The van der Waals surface area contributed by atoms with Crippen LogP contribution in [-0.2, 0) is 25.7 Å². The van der Waals surface area contributed by atoms with Gasteiger partial charge in [0.05, 0.1) is 11.5 Å². The molecule has 2 saturated heterocycles. The van der Waals surface area contributed by atoms with Crippen LogP contribution in [0.2, 0.25) is 0 Å². The van der Waals surface area contributed by atoms with Crippen LogP contribution in [0.4, 0.5) is 5.69 Å². The molecule has 2 aliphatic heterocycles. The number of nitrogens with two attached hydrogens (primary N) is 1. The Labute approximate surface area is 147 Å². The average molecular weight is 367 g/mol. The van der Waals surface area contributed by atoms with Crippen LogP contribution in [0, 0.1) is 10.1 Å². The molecule has 2 aliphatic rings. The first kappa shape index (κ1) is 17.6. The summed E-state index contributed by atoms with van der Waals surface area (Å²) in [6.45, 7) is 0.0658.